The van der Waals surface area contributed by atoms with Crippen molar-refractivity contribution in [1.29, 1.82) is 0 Å². The summed E-state index contributed by atoms with van der Waals surface area (Å²) in [5.74, 6) is 1.24. The maximum atomic E-state index is 5.56. The largest absolute Gasteiger partial charge is 0.415 e. The van der Waals surface area contributed by atoms with Crippen molar-refractivity contribution in [2.45, 2.75) is 6.92 Å². The van der Waals surface area contributed by atoms with Gasteiger partial charge in [0.2, 0.25) is 5.71 Å². The predicted molar refractivity (Wildman–Crippen MR) is 57.6 cm³/mol. The van der Waals surface area contributed by atoms with E-state index in [2.05, 4.69) is 15.1 Å². The molecule has 16 heavy (non-hydrogen) atoms. The highest BCUT2D eigenvalue weighted by Crippen LogP contribution is 2.18. The van der Waals surface area contributed by atoms with Crippen LogP contribution < -0.4 is 5.73 Å². The second-order valence-electron chi connectivity index (χ2n) is 3.44. The van der Waals surface area contributed by atoms with Gasteiger partial charge < -0.3 is 10.2 Å². The van der Waals surface area contributed by atoms with Crippen LogP contribution in [0.5, 0.6) is 0 Å². The van der Waals surface area contributed by atoms with Crippen LogP contribution in [0.1, 0.15) is 5.82 Å². The summed E-state index contributed by atoms with van der Waals surface area (Å²) in [6.45, 7) is 1.86. The molecule has 3 rings (SSSR count). The van der Waals surface area contributed by atoms with E-state index in [0.29, 0.717) is 23.0 Å². The normalized spacial score (nSPS) is 11.1. The second-order valence-corrected chi connectivity index (χ2v) is 3.44. The minimum atomic E-state index is 0.459. The average Bonchev–Trinajstić information content (AvgIpc) is 2.83. The number of hydrogen-bond acceptors (Lipinski definition) is 5. The number of nitrogen functional groups attached to an aromatic ring is 1. The molecule has 6 nitrogen and oxygen atoms in total. The molecule has 80 valence electrons. The van der Waals surface area contributed by atoms with Crippen LogP contribution in [0.4, 0.5) is 5.69 Å². The third kappa shape index (κ3) is 1.23. The Morgan fingerprint density at radius 2 is 2.12 bits per heavy atom. The molecule has 0 unspecified atom stereocenters. The standard InChI is InChI=1S/C10H9N5O/c1-6-12-5-9-15(6)14-10(16-9)8-3-2-7(11)4-13-8/h2-5H,11H2,1H3. The van der Waals surface area contributed by atoms with Gasteiger partial charge in [0.25, 0.3) is 5.89 Å². The third-order valence-corrected chi connectivity index (χ3v) is 2.27. The van der Waals surface area contributed by atoms with Crippen LogP contribution in [0.15, 0.2) is 28.9 Å². The molecule has 0 spiro atoms. The van der Waals surface area contributed by atoms with Crippen molar-refractivity contribution < 1.29 is 4.42 Å². The predicted octanol–water partition coefficient (Wildman–Crippen LogP) is 1.27. The van der Waals surface area contributed by atoms with Gasteiger partial charge in [-0.05, 0) is 19.1 Å². The lowest BCUT2D eigenvalue weighted by Gasteiger charge is -1.93. The molecule has 0 saturated carbocycles. The van der Waals surface area contributed by atoms with Crippen molar-refractivity contribution in [3.8, 4) is 11.6 Å². The molecule has 0 amide bonds. The fraction of sp³-hybridized carbons (Fsp3) is 0.100. The van der Waals surface area contributed by atoms with Crippen molar-refractivity contribution >= 4 is 11.4 Å². The number of aryl methyl sites for hydroxylation is 1. The number of nitrogens with zero attached hydrogens (tertiary/aromatic N) is 4. The molecule has 2 N–H and O–H groups in total. The first kappa shape index (κ1) is 8.90. The van der Waals surface area contributed by atoms with Crippen molar-refractivity contribution in [3.63, 3.8) is 0 Å². The molecule has 0 aromatic carbocycles. The quantitative estimate of drug-likeness (QED) is 0.661. The minimum absolute atomic E-state index is 0.459. The second kappa shape index (κ2) is 3.06. The Balaban J connectivity index is 2.15. The number of nitrogens with two attached hydrogens (primary N) is 1. The van der Waals surface area contributed by atoms with E-state index in [1.165, 1.54) is 0 Å². The van der Waals surface area contributed by atoms with Gasteiger partial charge in [-0.3, -0.25) is 0 Å². The number of hydrogen-bond donors (Lipinski definition) is 1. The van der Waals surface area contributed by atoms with Gasteiger partial charge in [0.05, 0.1) is 18.1 Å². The van der Waals surface area contributed by atoms with Crippen LogP contribution >= 0.6 is 0 Å². The van der Waals surface area contributed by atoms with Crippen molar-refractivity contribution in [3.05, 3.63) is 30.4 Å². The summed E-state index contributed by atoms with van der Waals surface area (Å²) in [6.07, 6.45) is 3.20. The van der Waals surface area contributed by atoms with Crippen LogP contribution in [0.3, 0.4) is 0 Å². The summed E-state index contributed by atoms with van der Waals surface area (Å²) >= 11 is 0. The summed E-state index contributed by atoms with van der Waals surface area (Å²) in [6, 6.07) is 3.52. The van der Waals surface area contributed by atoms with Gasteiger partial charge in [-0.25, -0.2) is 9.97 Å². The summed E-state index contributed by atoms with van der Waals surface area (Å²) in [5, 5.41) is 4.26. The highest BCUT2D eigenvalue weighted by molar-refractivity contribution is 5.52. The van der Waals surface area contributed by atoms with E-state index >= 15 is 0 Å². The first-order chi connectivity index (χ1) is 7.74. The third-order valence-electron chi connectivity index (χ3n) is 2.27. The maximum absolute atomic E-state index is 5.56. The van der Waals surface area contributed by atoms with E-state index in [0.717, 1.165) is 5.82 Å². The number of aromatic nitrogens is 4. The zero-order valence-electron chi connectivity index (χ0n) is 8.58. The summed E-state index contributed by atoms with van der Waals surface area (Å²) in [5.41, 5.74) is 7.42. The molecule has 0 aliphatic rings. The van der Waals surface area contributed by atoms with Crippen LogP contribution in [-0.4, -0.2) is 19.6 Å². The molecule has 0 saturated heterocycles. The van der Waals surface area contributed by atoms with Crippen molar-refractivity contribution in [2.24, 2.45) is 0 Å². The van der Waals surface area contributed by atoms with E-state index in [9.17, 15) is 0 Å². The maximum Gasteiger partial charge on any atom is 0.264 e. The molecular formula is C10H9N5O. The molecule has 0 aliphatic carbocycles. The number of pyridine rings is 1. The van der Waals surface area contributed by atoms with Gasteiger partial charge in [-0.1, -0.05) is 0 Å². The Labute approximate surface area is 90.7 Å². The zero-order valence-corrected chi connectivity index (χ0v) is 8.58. The highest BCUT2D eigenvalue weighted by atomic mass is 16.4. The topological polar surface area (TPSA) is 82.2 Å². The van der Waals surface area contributed by atoms with Gasteiger partial charge in [0.15, 0.2) is 0 Å². The number of imidazole rings is 1. The van der Waals surface area contributed by atoms with Gasteiger partial charge in [0.1, 0.15) is 11.5 Å². The molecular weight excluding hydrogens is 206 g/mol. The lowest BCUT2D eigenvalue weighted by atomic mass is 10.3. The Kier molecular flexibility index (Phi) is 1.70. The van der Waals surface area contributed by atoms with Crippen LogP contribution in [0.25, 0.3) is 17.3 Å². The van der Waals surface area contributed by atoms with E-state index in [-0.39, 0.29) is 0 Å². The Morgan fingerprint density at radius 3 is 2.81 bits per heavy atom. The highest BCUT2D eigenvalue weighted by Gasteiger charge is 2.11. The fourth-order valence-electron chi connectivity index (χ4n) is 1.45. The molecule has 0 radical (unpaired) electrons. The summed E-state index contributed by atoms with van der Waals surface area (Å²) < 4.78 is 7.13. The van der Waals surface area contributed by atoms with Crippen LogP contribution in [-0.2, 0) is 0 Å². The monoisotopic (exact) mass is 215 g/mol. The van der Waals surface area contributed by atoms with Gasteiger partial charge >= 0.3 is 0 Å². The lowest BCUT2D eigenvalue weighted by Crippen LogP contribution is -1.91. The molecule has 0 fully saturated rings. The lowest BCUT2D eigenvalue weighted by molar-refractivity contribution is 0.614. The van der Waals surface area contributed by atoms with Gasteiger partial charge in [-0.2, -0.15) is 4.52 Å². The average molecular weight is 215 g/mol. The molecule has 0 aliphatic heterocycles. The molecule has 3 aromatic rings. The van der Waals surface area contributed by atoms with E-state index < -0.39 is 0 Å². The molecule has 0 atom stereocenters. The van der Waals surface area contributed by atoms with E-state index in [1.54, 1.807) is 29.0 Å². The Bertz CT molecular complexity index is 637. The van der Waals surface area contributed by atoms with E-state index in [1.807, 2.05) is 6.92 Å². The first-order valence-electron chi connectivity index (χ1n) is 4.77. The van der Waals surface area contributed by atoms with Crippen molar-refractivity contribution in [1.82, 2.24) is 19.6 Å². The minimum Gasteiger partial charge on any atom is -0.415 e. The van der Waals surface area contributed by atoms with E-state index in [4.69, 9.17) is 10.2 Å². The van der Waals surface area contributed by atoms with Gasteiger partial charge in [0, 0.05) is 0 Å². The van der Waals surface area contributed by atoms with Crippen LogP contribution in [0, 0.1) is 6.92 Å². The molecule has 6 heteroatoms. The summed E-state index contributed by atoms with van der Waals surface area (Å²) in [4.78, 5) is 8.21. The van der Waals surface area contributed by atoms with Gasteiger partial charge in [-0.15, -0.1) is 5.10 Å². The van der Waals surface area contributed by atoms with Crippen LogP contribution in [0.2, 0.25) is 0 Å². The Hall–Kier alpha value is -2.37. The number of rotatable bonds is 1. The first-order valence-corrected chi connectivity index (χ1v) is 4.77. The molecule has 3 heterocycles. The number of anilines is 1. The summed E-state index contributed by atoms with van der Waals surface area (Å²) in [7, 11) is 0. The number of fused-ring (bicyclic) bond motifs is 1. The fourth-order valence-corrected chi connectivity index (χ4v) is 1.45. The zero-order chi connectivity index (χ0) is 11.1. The smallest absolute Gasteiger partial charge is 0.264 e. The molecule has 0 bridgehead atoms. The van der Waals surface area contributed by atoms with Crippen molar-refractivity contribution in [2.75, 3.05) is 5.73 Å². The SMILES string of the molecule is Cc1ncc2oc(-c3ccc(N)cn3)nn12. The Morgan fingerprint density at radius 1 is 1.25 bits per heavy atom. The molecule has 3 aromatic heterocycles.